The second kappa shape index (κ2) is 20.9. The van der Waals surface area contributed by atoms with Gasteiger partial charge in [0, 0.05) is 90.0 Å². The third-order valence-electron chi connectivity index (χ3n) is 7.65. The molecular weight excluding hydrogens is 606 g/mol. The number of hydrogen-bond acceptors (Lipinski definition) is 9. The van der Waals surface area contributed by atoms with Crippen LogP contribution in [0.25, 0.3) is 11.1 Å². The summed E-state index contributed by atoms with van der Waals surface area (Å²) in [4.78, 5) is 60.7. The summed E-state index contributed by atoms with van der Waals surface area (Å²) in [5.74, 6) is -0.721. The number of ether oxygens (including phenoxy) is 4. The number of rotatable bonds is 23. The van der Waals surface area contributed by atoms with Gasteiger partial charge in [0.1, 0.15) is 12.9 Å². The molecule has 0 fully saturated rings. The molecule has 47 heavy (non-hydrogen) atoms. The highest BCUT2D eigenvalue weighted by molar-refractivity contribution is 6.05. The highest BCUT2D eigenvalue weighted by Crippen LogP contribution is 2.47. The lowest BCUT2D eigenvalue weighted by Crippen LogP contribution is -2.27. The van der Waals surface area contributed by atoms with Crippen LogP contribution in [0.2, 0.25) is 0 Å². The fourth-order valence-corrected chi connectivity index (χ4v) is 5.36. The van der Waals surface area contributed by atoms with Gasteiger partial charge in [0.2, 0.25) is 11.8 Å². The number of unbranched alkanes of at least 4 members (excludes halogenated alkanes) is 1. The van der Waals surface area contributed by atoms with E-state index in [-0.39, 0.29) is 43.0 Å². The van der Waals surface area contributed by atoms with Gasteiger partial charge in [-0.3, -0.25) is 14.4 Å². The number of alkyl carbamates (subject to hydrolysis) is 1. The van der Waals surface area contributed by atoms with Crippen molar-refractivity contribution in [2.24, 2.45) is 0 Å². The summed E-state index contributed by atoms with van der Waals surface area (Å²) in [5, 5.41) is 8.16. The van der Waals surface area contributed by atoms with E-state index in [1.807, 2.05) is 24.3 Å². The van der Waals surface area contributed by atoms with E-state index in [1.165, 1.54) is 7.05 Å². The lowest BCUT2D eigenvalue weighted by atomic mass is 9.93. The van der Waals surface area contributed by atoms with Gasteiger partial charge in [-0.05, 0) is 60.1 Å². The predicted molar refractivity (Wildman–Crippen MR) is 177 cm³/mol. The van der Waals surface area contributed by atoms with E-state index >= 15 is 0 Å². The molecule has 1 atom stereocenters. The number of ketones is 1. The molecule has 1 unspecified atom stereocenters. The number of anilines is 1. The standard InChI is InChI=1S/C35H47N3O9/c1-36-35(43)47-24-30-26-9-5-10-28(31(40)11-7-20-45-19-4-3-17-39)34(26)27-15-14-25(23-29(27)30)38-33(42)13-6-12-32(41)37-16-22-46-21-8-18-44-2/h5,9-10,14-15,17,23,30H,3-4,6-8,11-13,16,18-22,24H2,1-2H3,(H,36,43)(H,37,41)(H,38,42). The minimum Gasteiger partial charge on any atom is -0.449 e. The van der Waals surface area contributed by atoms with Crippen LogP contribution in [-0.4, -0.2) is 90.3 Å². The Balaban J connectivity index is 1.61. The number of aldehydes is 1. The lowest BCUT2D eigenvalue weighted by Gasteiger charge is -2.15. The number of benzene rings is 2. The zero-order chi connectivity index (χ0) is 33.9. The molecule has 0 saturated heterocycles. The van der Waals surface area contributed by atoms with Crippen molar-refractivity contribution in [2.75, 3.05) is 65.7 Å². The van der Waals surface area contributed by atoms with Crippen molar-refractivity contribution < 1.29 is 42.9 Å². The number of carbonyl (C=O) groups is 5. The summed E-state index contributed by atoms with van der Waals surface area (Å²) >= 11 is 0. The Bertz CT molecular complexity index is 1350. The summed E-state index contributed by atoms with van der Waals surface area (Å²) < 4.78 is 21.4. The van der Waals surface area contributed by atoms with Crippen molar-refractivity contribution in [1.82, 2.24) is 10.6 Å². The topological polar surface area (TPSA) is 158 Å². The molecular formula is C35H47N3O9. The smallest absolute Gasteiger partial charge is 0.406 e. The molecule has 3 amide bonds. The van der Waals surface area contributed by atoms with Crippen LogP contribution in [0.1, 0.15) is 78.8 Å². The van der Waals surface area contributed by atoms with Crippen molar-refractivity contribution in [2.45, 2.75) is 57.3 Å². The number of methoxy groups -OCH3 is 1. The van der Waals surface area contributed by atoms with Gasteiger partial charge in [0.05, 0.1) is 6.61 Å². The van der Waals surface area contributed by atoms with Crippen molar-refractivity contribution in [1.29, 1.82) is 0 Å². The van der Waals surface area contributed by atoms with Gasteiger partial charge < -0.3 is 39.7 Å². The predicted octanol–water partition coefficient (Wildman–Crippen LogP) is 4.39. The number of fused-ring (bicyclic) bond motifs is 3. The number of amides is 3. The van der Waals surface area contributed by atoms with Crippen molar-refractivity contribution in [3.05, 3.63) is 53.1 Å². The van der Waals surface area contributed by atoms with Crippen molar-refractivity contribution in [3.63, 3.8) is 0 Å². The van der Waals surface area contributed by atoms with E-state index in [9.17, 15) is 24.0 Å². The lowest BCUT2D eigenvalue weighted by molar-refractivity contribution is -0.121. The maximum Gasteiger partial charge on any atom is 0.406 e. The summed E-state index contributed by atoms with van der Waals surface area (Å²) in [6.45, 7) is 2.99. The van der Waals surface area contributed by atoms with Crippen LogP contribution < -0.4 is 16.0 Å². The van der Waals surface area contributed by atoms with Gasteiger partial charge in [-0.15, -0.1) is 0 Å². The molecule has 0 aliphatic heterocycles. The monoisotopic (exact) mass is 653 g/mol. The second-order valence-electron chi connectivity index (χ2n) is 11.1. The Morgan fingerprint density at radius 3 is 2.38 bits per heavy atom. The molecule has 2 aromatic carbocycles. The van der Waals surface area contributed by atoms with Gasteiger partial charge in [0.25, 0.3) is 0 Å². The second-order valence-corrected chi connectivity index (χ2v) is 11.1. The van der Waals surface area contributed by atoms with Gasteiger partial charge in [-0.25, -0.2) is 4.79 Å². The molecule has 2 aromatic rings. The minimum atomic E-state index is -0.566. The van der Waals surface area contributed by atoms with Gasteiger partial charge in [-0.1, -0.05) is 24.3 Å². The van der Waals surface area contributed by atoms with Gasteiger partial charge in [-0.2, -0.15) is 0 Å². The first-order valence-electron chi connectivity index (χ1n) is 16.2. The van der Waals surface area contributed by atoms with E-state index in [1.54, 1.807) is 19.2 Å². The fraction of sp³-hybridized carbons (Fsp3) is 0.514. The number of hydrogen-bond donors (Lipinski definition) is 3. The molecule has 0 saturated carbocycles. The van der Waals surface area contributed by atoms with Crippen LogP contribution in [-0.2, 0) is 33.3 Å². The van der Waals surface area contributed by atoms with E-state index in [2.05, 4.69) is 16.0 Å². The quantitative estimate of drug-likeness (QED) is 0.0899. The summed E-state index contributed by atoms with van der Waals surface area (Å²) in [6.07, 6.45) is 3.83. The van der Waals surface area contributed by atoms with E-state index in [4.69, 9.17) is 18.9 Å². The minimum absolute atomic E-state index is 0.0202. The third-order valence-corrected chi connectivity index (χ3v) is 7.65. The molecule has 0 bridgehead atoms. The van der Waals surface area contributed by atoms with Crippen LogP contribution >= 0.6 is 0 Å². The average molecular weight is 654 g/mol. The van der Waals surface area contributed by atoms with Crippen LogP contribution in [0.5, 0.6) is 0 Å². The summed E-state index contributed by atoms with van der Waals surface area (Å²) in [7, 11) is 3.12. The normalized spacial score (nSPS) is 12.9. The summed E-state index contributed by atoms with van der Waals surface area (Å²) in [5.41, 5.74) is 4.51. The zero-order valence-corrected chi connectivity index (χ0v) is 27.4. The molecule has 12 nitrogen and oxygen atoms in total. The molecule has 0 heterocycles. The maximum atomic E-state index is 13.4. The van der Waals surface area contributed by atoms with Crippen molar-refractivity contribution in [3.8, 4) is 11.1 Å². The molecule has 3 N–H and O–H groups in total. The number of Topliss-reactive ketones (excluding diaryl/α,β-unsaturated/α-hetero) is 1. The Morgan fingerprint density at radius 1 is 0.830 bits per heavy atom. The van der Waals surface area contributed by atoms with Gasteiger partial charge >= 0.3 is 6.09 Å². The molecule has 3 rings (SSSR count). The molecule has 12 heteroatoms. The van der Waals surface area contributed by atoms with E-state index in [0.717, 1.165) is 35.0 Å². The highest BCUT2D eigenvalue weighted by atomic mass is 16.5. The first-order chi connectivity index (χ1) is 22.9. The summed E-state index contributed by atoms with van der Waals surface area (Å²) in [6, 6.07) is 11.1. The average Bonchev–Trinajstić information content (AvgIpc) is 3.38. The number of nitrogens with one attached hydrogen (secondary N) is 3. The SMILES string of the molecule is CNC(=O)OCC1c2cc(NC(=O)CCCC(=O)NCCOCCCOC)ccc2-c2c(C(=O)CCCOCCCC=O)cccc21. The Labute approximate surface area is 276 Å². The first-order valence-corrected chi connectivity index (χ1v) is 16.2. The molecule has 1 aliphatic rings. The van der Waals surface area contributed by atoms with E-state index in [0.29, 0.717) is 82.9 Å². The van der Waals surface area contributed by atoms with Crippen LogP contribution in [0.15, 0.2) is 36.4 Å². The Kier molecular flexibility index (Phi) is 16.6. The van der Waals surface area contributed by atoms with Crippen LogP contribution in [0.3, 0.4) is 0 Å². The van der Waals surface area contributed by atoms with E-state index < -0.39 is 6.09 Å². The van der Waals surface area contributed by atoms with Gasteiger partial charge in [0.15, 0.2) is 5.78 Å². The van der Waals surface area contributed by atoms with Crippen molar-refractivity contribution >= 4 is 35.7 Å². The number of carbonyl (C=O) groups excluding carboxylic acids is 5. The highest BCUT2D eigenvalue weighted by Gasteiger charge is 2.33. The van der Waals surface area contributed by atoms with Crippen LogP contribution in [0, 0.1) is 0 Å². The largest absolute Gasteiger partial charge is 0.449 e. The molecule has 0 aromatic heterocycles. The molecule has 0 radical (unpaired) electrons. The van der Waals surface area contributed by atoms with Crippen LogP contribution in [0.4, 0.5) is 10.5 Å². The fourth-order valence-electron chi connectivity index (χ4n) is 5.36. The molecule has 0 spiro atoms. The molecule has 1 aliphatic carbocycles. The first kappa shape index (κ1) is 37.3. The third kappa shape index (κ3) is 12.2. The Hall–Kier alpha value is -4.13. The Morgan fingerprint density at radius 2 is 1.60 bits per heavy atom. The maximum absolute atomic E-state index is 13.4. The zero-order valence-electron chi connectivity index (χ0n) is 27.4. The molecule has 256 valence electrons.